The molecule has 0 bridgehead atoms. The zero-order valence-corrected chi connectivity index (χ0v) is 12.0. The van der Waals surface area contributed by atoms with Crippen LogP contribution in [0.2, 0.25) is 0 Å². The van der Waals surface area contributed by atoms with Gasteiger partial charge in [-0.05, 0) is 12.3 Å². The number of rotatable bonds is 4. The number of alkyl halides is 3. The van der Waals surface area contributed by atoms with E-state index < -0.39 is 11.9 Å². The molecule has 1 aliphatic heterocycles. The Morgan fingerprint density at radius 2 is 2.29 bits per heavy atom. The van der Waals surface area contributed by atoms with Crippen molar-refractivity contribution in [1.29, 1.82) is 0 Å². The molecule has 0 aliphatic carbocycles. The molecule has 4 nitrogen and oxygen atoms in total. The van der Waals surface area contributed by atoms with Crippen molar-refractivity contribution in [3.8, 4) is 0 Å². The Kier molecular flexibility index (Phi) is 3.99. The summed E-state index contributed by atoms with van der Waals surface area (Å²) in [5, 5.41) is 5.30. The van der Waals surface area contributed by atoms with E-state index in [2.05, 4.69) is 15.3 Å². The maximum Gasteiger partial charge on any atom is 0.434 e. The fraction of sp³-hybridized carbons (Fsp3) is 0.538. The van der Waals surface area contributed by atoms with Crippen LogP contribution in [0.5, 0.6) is 0 Å². The molecule has 114 valence electrons. The lowest BCUT2D eigenvalue weighted by Gasteiger charge is -2.23. The largest absolute Gasteiger partial charge is 0.434 e. The molecule has 0 aromatic carbocycles. The first-order chi connectivity index (χ1) is 10.0. The second kappa shape index (κ2) is 5.76. The Morgan fingerprint density at radius 1 is 1.43 bits per heavy atom. The van der Waals surface area contributed by atoms with Crippen molar-refractivity contribution >= 4 is 11.3 Å². The first kappa shape index (κ1) is 14.5. The highest BCUT2D eigenvalue weighted by atomic mass is 32.1. The van der Waals surface area contributed by atoms with Crippen molar-refractivity contribution in [2.45, 2.75) is 32.1 Å². The Bertz CT molecular complexity index is 591. The summed E-state index contributed by atoms with van der Waals surface area (Å²) in [5.41, 5.74) is 2.00. The number of nitrogens with one attached hydrogen (secondary N) is 1. The molecular weight excluding hydrogens is 301 g/mol. The summed E-state index contributed by atoms with van der Waals surface area (Å²) in [6.07, 6.45) is -1.78. The third-order valence-corrected chi connectivity index (χ3v) is 4.24. The molecule has 0 fully saturated rings. The van der Waals surface area contributed by atoms with Gasteiger partial charge in [-0.2, -0.15) is 13.2 Å². The van der Waals surface area contributed by atoms with E-state index in [0.29, 0.717) is 31.3 Å². The average molecular weight is 316 g/mol. The first-order valence-electron chi connectivity index (χ1n) is 6.73. The van der Waals surface area contributed by atoms with E-state index in [4.69, 9.17) is 0 Å². The zero-order valence-electron chi connectivity index (χ0n) is 11.2. The second-order valence-corrected chi connectivity index (χ2v) is 5.93. The second-order valence-electron chi connectivity index (χ2n) is 5.21. The average Bonchev–Trinajstić information content (AvgIpc) is 3.05. The number of hydrogen-bond acceptors (Lipinski definition) is 4. The van der Waals surface area contributed by atoms with Gasteiger partial charge in [-0.3, -0.25) is 0 Å². The van der Waals surface area contributed by atoms with Crippen molar-refractivity contribution in [3.05, 3.63) is 34.3 Å². The quantitative estimate of drug-likeness (QED) is 0.943. The van der Waals surface area contributed by atoms with Crippen LogP contribution in [-0.2, 0) is 25.7 Å². The minimum atomic E-state index is -4.36. The molecule has 8 heteroatoms. The number of hydrogen-bond donors (Lipinski definition) is 1. The molecule has 0 spiro atoms. The molecule has 3 rings (SSSR count). The van der Waals surface area contributed by atoms with Gasteiger partial charge in [0.25, 0.3) is 0 Å². The van der Waals surface area contributed by atoms with Crippen LogP contribution < -0.4 is 5.32 Å². The lowest BCUT2D eigenvalue weighted by Crippen LogP contribution is -2.29. The van der Waals surface area contributed by atoms with Crippen molar-refractivity contribution in [2.75, 3.05) is 6.54 Å². The maximum absolute atomic E-state index is 12.6. The van der Waals surface area contributed by atoms with Crippen LogP contribution in [0.15, 0.2) is 17.1 Å². The monoisotopic (exact) mass is 316 g/mol. The molecule has 0 radical (unpaired) electrons. The molecule has 0 saturated heterocycles. The van der Waals surface area contributed by atoms with Crippen LogP contribution in [0.4, 0.5) is 13.2 Å². The Balaban J connectivity index is 1.56. The van der Waals surface area contributed by atoms with Crippen LogP contribution in [0.1, 0.15) is 23.6 Å². The smallest absolute Gasteiger partial charge is 0.334 e. The fourth-order valence-corrected chi connectivity index (χ4v) is 3.11. The number of nitrogens with zero attached hydrogens (tertiary/aromatic N) is 3. The summed E-state index contributed by atoms with van der Waals surface area (Å²) in [5.74, 6) is 0.865. The first-order valence-corrected chi connectivity index (χ1v) is 7.67. The van der Waals surface area contributed by atoms with Crippen molar-refractivity contribution in [3.63, 3.8) is 0 Å². The lowest BCUT2D eigenvalue weighted by molar-refractivity contribution is -0.141. The zero-order chi connectivity index (χ0) is 14.9. The van der Waals surface area contributed by atoms with Crippen molar-refractivity contribution < 1.29 is 13.2 Å². The van der Waals surface area contributed by atoms with Crippen LogP contribution in [-0.4, -0.2) is 21.1 Å². The summed E-state index contributed by atoms with van der Waals surface area (Å²) < 4.78 is 39.6. The molecule has 2 aromatic heterocycles. The van der Waals surface area contributed by atoms with Gasteiger partial charge in [-0.25, -0.2) is 9.97 Å². The fourth-order valence-electron chi connectivity index (χ4n) is 2.55. The predicted octanol–water partition coefficient (Wildman–Crippen LogP) is 2.71. The summed E-state index contributed by atoms with van der Waals surface area (Å²) in [7, 11) is 0. The third-order valence-electron chi connectivity index (χ3n) is 3.60. The molecule has 0 amide bonds. The van der Waals surface area contributed by atoms with E-state index >= 15 is 0 Å². The van der Waals surface area contributed by atoms with E-state index in [-0.39, 0.29) is 0 Å². The minimum Gasteiger partial charge on any atom is -0.334 e. The van der Waals surface area contributed by atoms with Crippen LogP contribution in [0, 0.1) is 5.92 Å². The Hall–Kier alpha value is -1.41. The van der Waals surface area contributed by atoms with Crippen molar-refractivity contribution in [2.24, 2.45) is 5.92 Å². The lowest BCUT2D eigenvalue weighted by atomic mass is 9.99. The highest BCUT2D eigenvalue weighted by molar-refractivity contribution is 7.07. The standard InChI is InChI=1S/C13H15F3N4S/c14-13(15,16)11-6-20-5-9(1-2-12(20)19-11)3-17-4-10-7-21-8-18-10/h6-9,17H,1-5H2. The van der Waals surface area contributed by atoms with Crippen molar-refractivity contribution in [1.82, 2.24) is 19.9 Å². The van der Waals surface area contributed by atoms with Gasteiger partial charge in [0, 0.05) is 37.6 Å². The molecule has 1 atom stereocenters. The molecule has 1 N–H and O–H groups in total. The molecule has 0 saturated carbocycles. The maximum atomic E-state index is 12.6. The highest BCUT2D eigenvalue weighted by Gasteiger charge is 2.35. The van der Waals surface area contributed by atoms with Gasteiger partial charge in [0.15, 0.2) is 5.69 Å². The van der Waals surface area contributed by atoms with Gasteiger partial charge < -0.3 is 9.88 Å². The van der Waals surface area contributed by atoms with E-state index in [1.165, 1.54) is 0 Å². The number of aromatic nitrogens is 3. The van der Waals surface area contributed by atoms with Crippen LogP contribution in [0.3, 0.4) is 0 Å². The van der Waals surface area contributed by atoms with E-state index in [0.717, 1.165) is 24.9 Å². The molecule has 1 aliphatic rings. The minimum absolute atomic E-state index is 0.325. The van der Waals surface area contributed by atoms with E-state index in [1.54, 1.807) is 21.4 Å². The third kappa shape index (κ3) is 3.44. The van der Waals surface area contributed by atoms with Gasteiger partial charge in [0.05, 0.1) is 11.2 Å². The van der Waals surface area contributed by atoms with Crippen LogP contribution in [0.25, 0.3) is 0 Å². The highest BCUT2D eigenvalue weighted by Crippen LogP contribution is 2.30. The van der Waals surface area contributed by atoms with E-state index in [9.17, 15) is 13.2 Å². The summed E-state index contributed by atoms with van der Waals surface area (Å²) >= 11 is 1.55. The molecule has 1 unspecified atom stereocenters. The van der Waals surface area contributed by atoms with E-state index in [1.807, 2.05) is 5.38 Å². The summed E-state index contributed by atoms with van der Waals surface area (Å²) in [6, 6.07) is 0. The number of thiazole rings is 1. The topological polar surface area (TPSA) is 42.7 Å². The Labute approximate surface area is 124 Å². The molecule has 3 heterocycles. The number of aryl methyl sites for hydroxylation is 1. The SMILES string of the molecule is FC(F)(F)c1cn2c(n1)CCC(CNCc1cscn1)C2. The number of fused-ring (bicyclic) bond motifs is 1. The Morgan fingerprint density at radius 3 is 3.00 bits per heavy atom. The summed E-state index contributed by atoms with van der Waals surface area (Å²) in [4.78, 5) is 7.87. The van der Waals surface area contributed by atoms with Gasteiger partial charge in [-0.1, -0.05) is 0 Å². The van der Waals surface area contributed by atoms with Gasteiger partial charge in [-0.15, -0.1) is 11.3 Å². The predicted molar refractivity (Wildman–Crippen MR) is 72.9 cm³/mol. The summed E-state index contributed by atoms with van der Waals surface area (Å²) in [6.45, 7) is 2.06. The number of halogens is 3. The molecular formula is C13H15F3N4S. The molecule has 21 heavy (non-hydrogen) atoms. The number of imidazole rings is 1. The van der Waals surface area contributed by atoms with Gasteiger partial charge >= 0.3 is 6.18 Å². The van der Waals surface area contributed by atoms with Gasteiger partial charge in [0.1, 0.15) is 5.82 Å². The molecule has 2 aromatic rings. The van der Waals surface area contributed by atoms with Crippen LogP contribution >= 0.6 is 11.3 Å². The van der Waals surface area contributed by atoms with Gasteiger partial charge in [0.2, 0.25) is 0 Å². The normalized spacial score (nSPS) is 18.7.